The molecule has 1 aromatic heterocycles. The predicted octanol–water partition coefficient (Wildman–Crippen LogP) is 3.59. The highest BCUT2D eigenvalue weighted by atomic mass is 32.2. The minimum absolute atomic E-state index is 0.0349. The first kappa shape index (κ1) is 25.2. The van der Waals surface area contributed by atoms with Crippen LogP contribution >= 0.6 is 0 Å². The van der Waals surface area contributed by atoms with E-state index in [1.54, 1.807) is 18.3 Å². The van der Waals surface area contributed by atoms with Crippen LogP contribution in [0.1, 0.15) is 29.8 Å². The number of nitrogens with one attached hydrogen (secondary N) is 1. The average molecular weight is 486 g/mol. The minimum atomic E-state index is -3.96. The number of nitrogens with two attached hydrogens (primary N) is 1. The fourth-order valence-electron chi connectivity index (χ4n) is 3.36. The Kier molecular flexibility index (Phi) is 8.21. The quantitative estimate of drug-likeness (QED) is 0.449. The van der Waals surface area contributed by atoms with Crippen molar-refractivity contribution < 1.29 is 27.4 Å². The molecule has 0 aliphatic carbocycles. The molecule has 1 heterocycles. The number of pyridine rings is 1. The van der Waals surface area contributed by atoms with E-state index in [0.29, 0.717) is 37.0 Å². The average Bonchev–Trinajstić information content (AvgIpc) is 2.82. The first-order valence-electron chi connectivity index (χ1n) is 10.6. The van der Waals surface area contributed by atoms with Crippen molar-refractivity contribution >= 4 is 21.6 Å². The Hall–Kier alpha value is -3.47. The van der Waals surface area contributed by atoms with Crippen molar-refractivity contribution in [3.05, 3.63) is 65.9 Å². The maximum Gasteiger partial charge on any atom is 0.255 e. The Balaban J connectivity index is 1.94. The molecule has 0 atom stereocenters. The summed E-state index contributed by atoms with van der Waals surface area (Å²) in [6.45, 7) is 5.06. The lowest BCUT2D eigenvalue weighted by molar-refractivity contribution is 0.102. The van der Waals surface area contributed by atoms with Crippen LogP contribution in [0.15, 0.2) is 59.6 Å². The number of carbonyl (C=O) groups excluding carboxylic acids is 1. The van der Waals surface area contributed by atoms with Crippen LogP contribution < -0.4 is 19.9 Å². The third-order valence-electron chi connectivity index (χ3n) is 4.90. The van der Waals surface area contributed by atoms with Crippen molar-refractivity contribution in [2.45, 2.75) is 25.3 Å². The molecule has 0 saturated carbocycles. The highest BCUT2D eigenvalue weighted by Gasteiger charge is 2.18. The molecule has 2 aromatic carbocycles. The second-order valence-electron chi connectivity index (χ2n) is 7.16. The summed E-state index contributed by atoms with van der Waals surface area (Å²) in [6.07, 6.45) is 1.66. The molecule has 0 fully saturated rings. The molecule has 0 bridgehead atoms. The van der Waals surface area contributed by atoms with Gasteiger partial charge in [-0.2, -0.15) is 0 Å². The monoisotopic (exact) mass is 485 g/mol. The highest BCUT2D eigenvalue weighted by molar-refractivity contribution is 7.89. The van der Waals surface area contributed by atoms with Crippen molar-refractivity contribution in [1.82, 2.24) is 4.98 Å². The van der Waals surface area contributed by atoms with Crippen LogP contribution in [0.4, 0.5) is 5.69 Å². The third kappa shape index (κ3) is 5.90. The summed E-state index contributed by atoms with van der Waals surface area (Å²) in [5, 5.41) is 7.96. The topological polar surface area (TPSA) is 130 Å². The minimum Gasteiger partial charge on any atom is -0.495 e. The number of primary sulfonamides is 1. The number of rotatable bonds is 10. The molecule has 0 aliphatic rings. The van der Waals surface area contributed by atoms with Crippen LogP contribution in [-0.4, -0.2) is 39.6 Å². The maximum absolute atomic E-state index is 13.0. The van der Waals surface area contributed by atoms with E-state index in [1.165, 1.54) is 25.3 Å². The molecule has 0 unspecified atom stereocenters. The van der Waals surface area contributed by atoms with Gasteiger partial charge in [0, 0.05) is 35.7 Å². The van der Waals surface area contributed by atoms with Gasteiger partial charge >= 0.3 is 0 Å². The predicted molar refractivity (Wildman–Crippen MR) is 128 cm³/mol. The van der Waals surface area contributed by atoms with Crippen LogP contribution in [0, 0.1) is 0 Å². The van der Waals surface area contributed by atoms with Gasteiger partial charge in [-0.3, -0.25) is 4.79 Å². The van der Waals surface area contributed by atoms with E-state index in [4.69, 9.17) is 19.3 Å². The Labute approximate surface area is 198 Å². The Morgan fingerprint density at radius 3 is 2.53 bits per heavy atom. The largest absolute Gasteiger partial charge is 0.495 e. The third-order valence-corrected chi connectivity index (χ3v) is 5.85. The molecule has 3 rings (SSSR count). The number of benzene rings is 2. The van der Waals surface area contributed by atoms with Gasteiger partial charge in [0.05, 0.1) is 20.3 Å². The Bertz CT molecular complexity index is 1280. The second kappa shape index (κ2) is 11.1. The Morgan fingerprint density at radius 2 is 1.85 bits per heavy atom. The number of methoxy groups -OCH3 is 1. The van der Waals surface area contributed by atoms with Crippen molar-refractivity contribution in [1.29, 1.82) is 0 Å². The van der Waals surface area contributed by atoms with Crippen molar-refractivity contribution in [2.24, 2.45) is 5.14 Å². The standard InChI is InChI=1S/C24H27N3O6S/c1-4-32-15-17-13-16(8-10-19(17)20-7-6-12-26-24(20)33-5-2)23(28)27-18-9-11-22(34(25,29)30)21(14-18)31-3/h6-14H,4-5,15H2,1-3H3,(H,27,28)(H2,25,29,30). The summed E-state index contributed by atoms with van der Waals surface area (Å²) in [5.41, 5.74) is 3.20. The van der Waals surface area contributed by atoms with E-state index in [9.17, 15) is 13.2 Å². The van der Waals surface area contributed by atoms with E-state index >= 15 is 0 Å². The van der Waals surface area contributed by atoms with Crippen molar-refractivity contribution in [3.8, 4) is 22.8 Å². The van der Waals surface area contributed by atoms with Crippen LogP contribution in [0.5, 0.6) is 11.6 Å². The maximum atomic E-state index is 13.0. The zero-order valence-electron chi connectivity index (χ0n) is 19.2. The number of carbonyl (C=O) groups is 1. The molecule has 180 valence electrons. The molecule has 0 saturated heterocycles. The summed E-state index contributed by atoms with van der Waals surface area (Å²) in [5.74, 6) is 0.153. The van der Waals surface area contributed by atoms with Gasteiger partial charge in [-0.25, -0.2) is 18.5 Å². The molecule has 10 heteroatoms. The number of nitrogens with zero attached hydrogens (tertiary/aromatic N) is 1. The van der Waals surface area contributed by atoms with Gasteiger partial charge in [-0.1, -0.05) is 6.07 Å². The summed E-state index contributed by atoms with van der Waals surface area (Å²) >= 11 is 0. The Morgan fingerprint density at radius 1 is 1.06 bits per heavy atom. The fourth-order valence-corrected chi connectivity index (χ4v) is 4.04. The van der Waals surface area contributed by atoms with Crippen LogP contribution in [0.25, 0.3) is 11.1 Å². The smallest absolute Gasteiger partial charge is 0.255 e. The molecule has 0 spiro atoms. The fraction of sp³-hybridized carbons (Fsp3) is 0.250. The number of ether oxygens (including phenoxy) is 3. The summed E-state index contributed by atoms with van der Waals surface area (Å²) in [6, 6.07) is 13.1. The summed E-state index contributed by atoms with van der Waals surface area (Å²) in [7, 11) is -2.64. The van der Waals surface area contributed by atoms with Gasteiger partial charge in [-0.15, -0.1) is 0 Å². The molecule has 9 nitrogen and oxygen atoms in total. The number of anilines is 1. The molecular formula is C24H27N3O6S. The van der Waals surface area contributed by atoms with Crippen LogP contribution in [0.2, 0.25) is 0 Å². The molecule has 3 aromatic rings. The first-order valence-corrected chi connectivity index (χ1v) is 12.1. The van der Waals surface area contributed by atoms with Gasteiger partial charge in [0.1, 0.15) is 10.6 Å². The van der Waals surface area contributed by atoms with Gasteiger partial charge < -0.3 is 19.5 Å². The number of hydrogen-bond donors (Lipinski definition) is 2. The summed E-state index contributed by atoms with van der Waals surface area (Å²) in [4.78, 5) is 17.1. The van der Waals surface area contributed by atoms with Gasteiger partial charge in [0.15, 0.2) is 0 Å². The molecular weight excluding hydrogens is 458 g/mol. The molecule has 1 amide bonds. The van der Waals surface area contributed by atoms with Gasteiger partial charge in [-0.05, 0) is 61.4 Å². The zero-order chi connectivity index (χ0) is 24.7. The normalized spacial score (nSPS) is 11.2. The highest BCUT2D eigenvalue weighted by Crippen LogP contribution is 2.32. The van der Waals surface area contributed by atoms with E-state index in [0.717, 1.165) is 16.7 Å². The van der Waals surface area contributed by atoms with E-state index in [2.05, 4.69) is 10.3 Å². The van der Waals surface area contributed by atoms with Crippen molar-refractivity contribution in [3.63, 3.8) is 0 Å². The van der Waals surface area contributed by atoms with Gasteiger partial charge in [0.25, 0.3) is 5.91 Å². The first-order chi connectivity index (χ1) is 16.3. The van der Waals surface area contributed by atoms with E-state index < -0.39 is 10.0 Å². The number of amides is 1. The number of sulfonamides is 1. The lowest BCUT2D eigenvalue weighted by atomic mass is 9.98. The van der Waals surface area contributed by atoms with Crippen molar-refractivity contribution in [2.75, 3.05) is 25.6 Å². The van der Waals surface area contributed by atoms with Crippen LogP contribution in [-0.2, 0) is 21.4 Å². The van der Waals surface area contributed by atoms with Crippen LogP contribution in [0.3, 0.4) is 0 Å². The van der Waals surface area contributed by atoms with E-state index in [1.807, 2.05) is 32.0 Å². The molecule has 0 radical (unpaired) electrons. The van der Waals surface area contributed by atoms with Gasteiger partial charge in [0.2, 0.25) is 15.9 Å². The lowest BCUT2D eigenvalue weighted by Crippen LogP contribution is -2.15. The number of aromatic nitrogens is 1. The molecule has 34 heavy (non-hydrogen) atoms. The number of hydrogen-bond acceptors (Lipinski definition) is 7. The summed E-state index contributed by atoms with van der Waals surface area (Å²) < 4.78 is 39.8. The lowest BCUT2D eigenvalue weighted by Gasteiger charge is -2.15. The molecule has 0 aliphatic heterocycles. The van der Waals surface area contributed by atoms with E-state index in [-0.39, 0.29) is 16.6 Å². The second-order valence-corrected chi connectivity index (χ2v) is 8.69. The SMILES string of the molecule is CCOCc1cc(C(=O)Nc2ccc(S(N)(=O)=O)c(OC)c2)ccc1-c1cccnc1OCC. The molecule has 3 N–H and O–H groups in total. The zero-order valence-corrected chi connectivity index (χ0v) is 20.0.